The number of nitrogens with zero attached hydrogens (tertiary/aromatic N) is 2. The van der Waals surface area contributed by atoms with Crippen LogP contribution in [0.1, 0.15) is 11.1 Å². The second-order valence-electron chi connectivity index (χ2n) is 4.55. The number of hydrogen-bond acceptors (Lipinski definition) is 4. The topological polar surface area (TPSA) is 58.4 Å². The first kappa shape index (κ1) is 14.9. The number of likely N-dealkylation sites (N-methyl/N-ethyl adjacent to an activating group) is 1. The molecule has 0 spiro atoms. The van der Waals surface area contributed by atoms with Crippen LogP contribution < -0.4 is 5.32 Å². The van der Waals surface area contributed by atoms with Gasteiger partial charge in [0.05, 0.1) is 4.92 Å². The summed E-state index contributed by atoms with van der Waals surface area (Å²) in [7, 11) is 2.06. The van der Waals surface area contributed by atoms with Crippen LogP contribution in [0.2, 0.25) is 0 Å². The molecule has 1 aliphatic heterocycles. The molecular weight excluding hydrogens is 254 g/mol. The molecular formula is C12H18ClN3O2. The Labute approximate surface area is 113 Å². The summed E-state index contributed by atoms with van der Waals surface area (Å²) in [6.45, 7) is 4.59. The Hall–Kier alpha value is -1.17. The number of halogens is 1. The third-order valence-corrected chi connectivity index (χ3v) is 3.42. The summed E-state index contributed by atoms with van der Waals surface area (Å²) in [6, 6.07) is 5.83. The van der Waals surface area contributed by atoms with E-state index in [-0.39, 0.29) is 23.0 Å². The van der Waals surface area contributed by atoms with Crippen LogP contribution in [-0.2, 0) is 6.54 Å². The van der Waals surface area contributed by atoms with E-state index in [2.05, 4.69) is 17.3 Å². The van der Waals surface area contributed by atoms with Gasteiger partial charge in [0, 0.05) is 37.3 Å². The van der Waals surface area contributed by atoms with Gasteiger partial charge in [0.25, 0.3) is 5.69 Å². The average molecular weight is 272 g/mol. The zero-order valence-electron chi connectivity index (χ0n) is 10.5. The number of hydrogen-bond donors (Lipinski definition) is 1. The van der Waals surface area contributed by atoms with Crippen LogP contribution >= 0.6 is 12.4 Å². The highest BCUT2D eigenvalue weighted by atomic mass is 35.5. The van der Waals surface area contributed by atoms with Gasteiger partial charge in [-0.05, 0) is 19.5 Å². The molecule has 1 fully saturated rings. The van der Waals surface area contributed by atoms with Crippen LogP contribution in [0.3, 0.4) is 0 Å². The second kappa shape index (κ2) is 6.13. The molecule has 1 aliphatic rings. The largest absolute Gasteiger partial charge is 0.314 e. The molecule has 2 rings (SSSR count). The van der Waals surface area contributed by atoms with E-state index >= 15 is 0 Å². The Balaban J connectivity index is 0.00000162. The van der Waals surface area contributed by atoms with Crippen LogP contribution in [0, 0.1) is 17.0 Å². The summed E-state index contributed by atoms with van der Waals surface area (Å²) in [5, 5.41) is 14.1. The Morgan fingerprint density at radius 3 is 2.67 bits per heavy atom. The van der Waals surface area contributed by atoms with Gasteiger partial charge in [-0.25, -0.2) is 0 Å². The predicted molar refractivity (Wildman–Crippen MR) is 73.2 cm³/mol. The summed E-state index contributed by atoms with van der Waals surface area (Å²) in [5.41, 5.74) is 2.02. The van der Waals surface area contributed by atoms with Crippen LogP contribution in [0.25, 0.3) is 0 Å². The van der Waals surface area contributed by atoms with E-state index in [9.17, 15) is 10.1 Å². The van der Waals surface area contributed by atoms with Gasteiger partial charge in [0.15, 0.2) is 0 Å². The van der Waals surface area contributed by atoms with Crippen molar-refractivity contribution in [3.8, 4) is 0 Å². The van der Waals surface area contributed by atoms with Gasteiger partial charge in [-0.3, -0.25) is 15.0 Å². The highest BCUT2D eigenvalue weighted by Crippen LogP contribution is 2.22. The first-order valence-corrected chi connectivity index (χ1v) is 5.73. The molecule has 0 bridgehead atoms. The maximum atomic E-state index is 10.8. The van der Waals surface area contributed by atoms with Crippen molar-refractivity contribution >= 4 is 18.1 Å². The highest BCUT2D eigenvalue weighted by molar-refractivity contribution is 5.85. The van der Waals surface area contributed by atoms with Gasteiger partial charge in [-0.1, -0.05) is 12.1 Å². The van der Waals surface area contributed by atoms with Gasteiger partial charge >= 0.3 is 0 Å². The number of benzene rings is 1. The molecule has 1 saturated heterocycles. The summed E-state index contributed by atoms with van der Waals surface area (Å²) in [6.07, 6.45) is 0. The lowest BCUT2D eigenvalue weighted by molar-refractivity contribution is -0.385. The van der Waals surface area contributed by atoms with Crippen molar-refractivity contribution in [2.24, 2.45) is 0 Å². The molecule has 1 aromatic rings. The maximum Gasteiger partial charge on any atom is 0.272 e. The standard InChI is InChI=1S/C12H17N3O2.ClH/c1-9-10(4-3-5-12(9)15(16)17)8-14(2)11-6-13-7-11;/h3-5,11,13H,6-8H2,1-2H3;1H. The van der Waals surface area contributed by atoms with E-state index in [0.29, 0.717) is 6.04 Å². The lowest BCUT2D eigenvalue weighted by atomic mass is 10.0. The number of nitrogens with one attached hydrogen (secondary N) is 1. The fourth-order valence-corrected chi connectivity index (χ4v) is 2.02. The number of nitro groups is 1. The van der Waals surface area contributed by atoms with Crippen LogP contribution in [0.4, 0.5) is 5.69 Å². The van der Waals surface area contributed by atoms with Crippen molar-refractivity contribution in [1.29, 1.82) is 0 Å². The quantitative estimate of drug-likeness (QED) is 0.669. The molecule has 0 atom stereocenters. The monoisotopic (exact) mass is 271 g/mol. The fraction of sp³-hybridized carbons (Fsp3) is 0.500. The van der Waals surface area contributed by atoms with Gasteiger partial charge < -0.3 is 5.32 Å². The maximum absolute atomic E-state index is 10.8. The number of nitro benzene ring substituents is 1. The molecule has 18 heavy (non-hydrogen) atoms. The zero-order valence-corrected chi connectivity index (χ0v) is 11.4. The smallest absolute Gasteiger partial charge is 0.272 e. The average Bonchev–Trinajstić information content (AvgIpc) is 2.18. The van der Waals surface area contributed by atoms with E-state index in [1.807, 2.05) is 13.0 Å². The van der Waals surface area contributed by atoms with Crippen molar-refractivity contribution < 1.29 is 4.92 Å². The first-order valence-electron chi connectivity index (χ1n) is 5.73. The van der Waals surface area contributed by atoms with Crippen molar-refractivity contribution in [2.45, 2.75) is 19.5 Å². The van der Waals surface area contributed by atoms with Crippen molar-refractivity contribution in [3.05, 3.63) is 39.4 Å². The Kier molecular flexibility index (Phi) is 5.07. The van der Waals surface area contributed by atoms with Crippen molar-refractivity contribution in [1.82, 2.24) is 10.2 Å². The van der Waals surface area contributed by atoms with Crippen LogP contribution in [0.15, 0.2) is 18.2 Å². The molecule has 0 radical (unpaired) electrons. The molecule has 1 N–H and O–H groups in total. The minimum absolute atomic E-state index is 0. The van der Waals surface area contributed by atoms with Gasteiger partial charge in [0.1, 0.15) is 0 Å². The summed E-state index contributed by atoms with van der Waals surface area (Å²) in [4.78, 5) is 12.8. The molecule has 6 heteroatoms. The van der Waals surface area contributed by atoms with Gasteiger partial charge in [-0.2, -0.15) is 0 Å². The zero-order chi connectivity index (χ0) is 12.4. The molecule has 0 saturated carbocycles. The fourth-order valence-electron chi connectivity index (χ4n) is 2.02. The summed E-state index contributed by atoms with van der Waals surface area (Å²) < 4.78 is 0. The molecule has 0 aromatic heterocycles. The SMILES string of the molecule is Cc1c(CN(C)C2CNC2)cccc1[N+](=O)[O-].Cl. The number of rotatable bonds is 4. The van der Waals surface area contributed by atoms with Crippen LogP contribution in [0.5, 0.6) is 0 Å². The van der Waals surface area contributed by atoms with Crippen molar-refractivity contribution in [3.63, 3.8) is 0 Å². The van der Waals surface area contributed by atoms with Crippen molar-refractivity contribution in [2.75, 3.05) is 20.1 Å². The second-order valence-corrected chi connectivity index (χ2v) is 4.55. The molecule has 100 valence electrons. The molecule has 5 nitrogen and oxygen atoms in total. The van der Waals surface area contributed by atoms with Crippen LogP contribution in [-0.4, -0.2) is 36.0 Å². The normalized spacial score (nSPS) is 15.1. The van der Waals surface area contributed by atoms with E-state index < -0.39 is 0 Å². The lowest BCUT2D eigenvalue weighted by Crippen LogP contribution is -2.55. The minimum Gasteiger partial charge on any atom is -0.314 e. The molecule has 0 amide bonds. The molecule has 0 aliphatic carbocycles. The Morgan fingerprint density at radius 1 is 1.50 bits per heavy atom. The Bertz CT molecular complexity index is 435. The summed E-state index contributed by atoms with van der Waals surface area (Å²) >= 11 is 0. The highest BCUT2D eigenvalue weighted by Gasteiger charge is 2.22. The third kappa shape index (κ3) is 2.98. The first-order chi connectivity index (χ1) is 8.09. The third-order valence-electron chi connectivity index (χ3n) is 3.42. The summed E-state index contributed by atoms with van der Waals surface area (Å²) in [5.74, 6) is 0. The van der Waals surface area contributed by atoms with E-state index in [0.717, 1.165) is 30.8 Å². The van der Waals surface area contributed by atoms with Gasteiger partial charge in [-0.15, -0.1) is 12.4 Å². The molecule has 0 unspecified atom stereocenters. The van der Waals surface area contributed by atoms with E-state index in [1.54, 1.807) is 12.1 Å². The van der Waals surface area contributed by atoms with E-state index in [4.69, 9.17) is 0 Å². The molecule has 1 heterocycles. The lowest BCUT2D eigenvalue weighted by Gasteiger charge is -2.35. The molecule has 1 aromatic carbocycles. The minimum atomic E-state index is -0.316. The Morgan fingerprint density at radius 2 is 2.17 bits per heavy atom. The van der Waals surface area contributed by atoms with E-state index in [1.165, 1.54) is 0 Å². The predicted octanol–water partition coefficient (Wildman–Crippen LogP) is 1.73. The van der Waals surface area contributed by atoms with Gasteiger partial charge in [0.2, 0.25) is 0 Å².